The zero-order valence-electron chi connectivity index (χ0n) is 11.2. The minimum Gasteiger partial charge on any atom is -0.370 e. The summed E-state index contributed by atoms with van der Waals surface area (Å²) in [7, 11) is 0. The van der Waals surface area contributed by atoms with E-state index in [9.17, 15) is 0 Å². The van der Waals surface area contributed by atoms with Gasteiger partial charge in [-0.2, -0.15) is 5.26 Å². The molecule has 0 radical (unpaired) electrons. The first-order valence-electron chi connectivity index (χ1n) is 6.92. The van der Waals surface area contributed by atoms with E-state index in [0.29, 0.717) is 5.56 Å². The van der Waals surface area contributed by atoms with Crippen LogP contribution >= 0.6 is 11.3 Å². The molecule has 2 heterocycles. The first kappa shape index (κ1) is 13.1. The van der Waals surface area contributed by atoms with Crippen molar-refractivity contribution in [3.8, 4) is 6.07 Å². The number of fused-ring (bicyclic) bond motifs is 1. The van der Waals surface area contributed by atoms with Gasteiger partial charge in [-0.25, -0.2) is 9.97 Å². The van der Waals surface area contributed by atoms with Crippen molar-refractivity contribution in [1.29, 1.82) is 5.26 Å². The van der Waals surface area contributed by atoms with Crippen molar-refractivity contribution >= 4 is 17.2 Å². The van der Waals surface area contributed by atoms with Gasteiger partial charge in [-0.05, 0) is 37.8 Å². The first-order valence-corrected chi connectivity index (χ1v) is 7.74. The molecule has 102 valence electrons. The largest absolute Gasteiger partial charge is 0.370 e. The number of thiazole rings is 1. The Hall–Kier alpha value is -1.93. The van der Waals surface area contributed by atoms with Crippen LogP contribution in [0.5, 0.6) is 0 Å². The summed E-state index contributed by atoms with van der Waals surface area (Å²) in [6.07, 6.45) is 7.46. The molecule has 5 heteroatoms. The molecule has 1 N–H and O–H groups in total. The second-order valence-electron chi connectivity index (χ2n) is 4.91. The standard InChI is InChI=1S/C15H16N4S/c16-9-11-5-6-14(18-10-11)17-8-7-15-19-12-3-1-2-4-13(12)20-15/h5-6,10H,1-4,7-8H2,(H,17,18). The molecule has 0 aliphatic heterocycles. The molecule has 0 aromatic carbocycles. The molecule has 1 aliphatic rings. The molecule has 2 aromatic rings. The molecule has 0 spiro atoms. The van der Waals surface area contributed by atoms with Gasteiger partial charge >= 0.3 is 0 Å². The van der Waals surface area contributed by atoms with Crippen molar-refractivity contribution < 1.29 is 0 Å². The zero-order valence-corrected chi connectivity index (χ0v) is 12.0. The van der Waals surface area contributed by atoms with Crippen LogP contribution in [0.25, 0.3) is 0 Å². The highest BCUT2D eigenvalue weighted by molar-refractivity contribution is 7.11. The van der Waals surface area contributed by atoms with E-state index in [2.05, 4.69) is 16.4 Å². The fourth-order valence-electron chi connectivity index (χ4n) is 2.37. The molecule has 3 rings (SSSR count). The number of hydrogen-bond donors (Lipinski definition) is 1. The predicted molar refractivity (Wildman–Crippen MR) is 79.9 cm³/mol. The van der Waals surface area contributed by atoms with E-state index < -0.39 is 0 Å². The summed E-state index contributed by atoms with van der Waals surface area (Å²) < 4.78 is 0. The Morgan fingerprint density at radius 2 is 2.20 bits per heavy atom. The quantitative estimate of drug-likeness (QED) is 0.937. The van der Waals surface area contributed by atoms with Crippen molar-refractivity contribution in [1.82, 2.24) is 9.97 Å². The van der Waals surface area contributed by atoms with Gasteiger partial charge in [0, 0.05) is 24.0 Å². The highest BCUT2D eigenvalue weighted by atomic mass is 32.1. The topological polar surface area (TPSA) is 61.6 Å². The van der Waals surface area contributed by atoms with E-state index in [1.807, 2.05) is 17.4 Å². The van der Waals surface area contributed by atoms with E-state index in [1.54, 1.807) is 12.3 Å². The Bertz CT molecular complexity index is 601. The van der Waals surface area contributed by atoms with E-state index in [1.165, 1.54) is 34.8 Å². The lowest BCUT2D eigenvalue weighted by Gasteiger charge is -2.06. The maximum absolute atomic E-state index is 8.72. The fraction of sp³-hybridized carbons (Fsp3) is 0.400. The van der Waals surface area contributed by atoms with Gasteiger partial charge in [-0.1, -0.05) is 0 Å². The zero-order chi connectivity index (χ0) is 13.8. The number of hydrogen-bond acceptors (Lipinski definition) is 5. The lowest BCUT2D eigenvalue weighted by Crippen LogP contribution is -2.06. The van der Waals surface area contributed by atoms with Gasteiger partial charge in [-0.3, -0.25) is 0 Å². The Balaban J connectivity index is 1.54. The van der Waals surface area contributed by atoms with Crippen LogP contribution in [-0.4, -0.2) is 16.5 Å². The van der Waals surface area contributed by atoms with Crippen molar-refractivity contribution in [2.45, 2.75) is 32.1 Å². The molecule has 0 bridgehead atoms. The van der Waals surface area contributed by atoms with Gasteiger partial charge in [0.25, 0.3) is 0 Å². The third kappa shape index (κ3) is 2.97. The Labute approximate surface area is 122 Å². The molecule has 1 aliphatic carbocycles. The molecule has 0 amide bonds. The number of nitriles is 1. The summed E-state index contributed by atoms with van der Waals surface area (Å²) in [5.74, 6) is 0.810. The fourth-order valence-corrected chi connectivity index (χ4v) is 3.53. The number of pyridine rings is 1. The number of anilines is 1. The highest BCUT2D eigenvalue weighted by Gasteiger charge is 2.14. The monoisotopic (exact) mass is 284 g/mol. The van der Waals surface area contributed by atoms with Crippen molar-refractivity contribution in [2.24, 2.45) is 0 Å². The summed E-state index contributed by atoms with van der Waals surface area (Å²) in [6, 6.07) is 5.68. The molecule has 2 aromatic heterocycles. The molecule has 0 unspecified atom stereocenters. The summed E-state index contributed by atoms with van der Waals surface area (Å²) >= 11 is 1.86. The van der Waals surface area contributed by atoms with Crippen LogP contribution in [0.1, 0.15) is 34.0 Å². The van der Waals surface area contributed by atoms with E-state index in [4.69, 9.17) is 10.2 Å². The SMILES string of the molecule is N#Cc1ccc(NCCc2nc3c(s2)CCCC3)nc1. The highest BCUT2D eigenvalue weighted by Crippen LogP contribution is 2.26. The lowest BCUT2D eigenvalue weighted by atomic mass is 10.0. The molecule has 0 atom stereocenters. The molecule has 20 heavy (non-hydrogen) atoms. The van der Waals surface area contributed by atoms with Crippen LogP contribution in [0.15, 0.2) is 18.3 Å². The van der Waals surface area contributed by atoms with Gasteiger partial charge in [0.1, 0.15) is 11.9 Å². The second kappa shape index (κ2) is 6.02. The molecular weight excluding hydrogens is 268 g/mol. The molecule has 0 saturated carbocycles. The Morgan fingerprint density at radius 1 is 1.30 bits per heavy atom. The minimum atomic E-state index is 0.586. The van der Waals surface area contributed by atoms with E-state index >= 15 is 0 Å². The number of nitrogens with zero attached hydrogens (tertiary/aromatic N) is 3. The number of aromatic nitrogens is 2. The number of rotatable bonds is 4. The van der Waals surface area contributed by atoms with Crippen molar-refractivity contribution in [3.05, 3.63) is 39.5 Å². The predicted octanol–water partition coefficient (Wildman–Crippen LogP) is 2.94. The van der Waals surface area contributed by atoms with Crippen LogP contribution in [-0.2, 0) is 19.3 Å². The van der Waals surface area contributed by atoms with Crippen molar-refractivity contribution in [3.63, 3.8) is 0 Å². The summed E-state index contributed by atoms with van der Waals surface area (Å²) in [5.41, 5.74) is 1.91. The smallest absolute Gasteiger partial charge is 0.125 e. The molecule has 0 fully saturated rings. The maximum atomic E-state index is 8.72. The number of nitrogens with one attached hydrogen (secondary N) is 1. The molecular formula is C15H16N4S. The third-order valence-electron chi connectivity index (χ3n) is 3.43. The van der Waals surface area contributed by atoms with Crippen molar-refractivity contribution in [2.75, 3.05) is 11.9 Å². The van der Waals surface area contributed by atoms with Gasteiger partial charge < -0.3 is 5.32 Å². The summed E-state index contributed by atoms with van der Waals surface area (Å²) in [6.45, 7) is 0.825. The van der Waals surface area contributed by atoms with Crippen LogP contribution in [0, 0.1) is 11.3 Å². The average molecular weight is 284 g/mol. The maximum Gasteiger partial charge on any atom is 0.125 e. The normalized spacial score (nSPS) is 13.6. The van der Waals surface area contributed by atoms with Crippen LogP contribution in [0.4, 0.5) is 5.82 Å². The Kier molecular flexibility index (Phi) is 3.93. The minimum absolute atomic E-state index is 0.586. The van der Waals surface area contributed by atoms with Crippen LogP contribution < -0.4 is 5.32 Å². The van der Waals surface area contributed by atoms with Gasteiger partial charge in [0.2, 0.25) is 0 Å². The second-order valence-corrected chi connectivity index (χ2v) is 6.07. The van der Waals surface area contributed by atoms with Gasteiger partial charge in [0.05, 0.1) is 16.3 Å². The third-order valence-corrected chi connectivity index (χ3v) is 4.64. The summed E-state index contributed by atoms with van der Waals surface area (Å²) in [4.78, 5) is 10.4. The van der Waals surface area contributed by atoms with E-state index in [-0.39, 0.29) is 0 Å². The Morgan fingerprint density at radius 3 is 2.95 bits per heavy atom. The lowest BCUT2D eigenvalue weighted by molar-refractivity contribution is 0.680. The van der Waals surface area contributed by atoms with E-state index in [0.717, 1.165) is 25.2 Å². The molecule has 4 nitrogen and oxygen atoms in total. The summed E-state index contributed by atoms with van der Waals surface area (Å²) in [5, 5.41) is 13.2. The van der Waals surface area contributed by atoms with Crippen LogP contribution in [0.2, 0.25) is 0 Å². The first-order chi connectivity index (χ1) is 9.85. The average Bonchev–Trinajstić information content (AvgIpc) is 2.90. The van der Waals surface area contributed by atoms with Crippen LogP contribution in [0.3, 0.4) is 0 Å². The van der Waals surface area contributed by atoms with Gasteiger partial charge in [-0.15, -0.1) is 11.3 Å². The number of aryl methyl sites for hydroxylation is 2. The van der Waals surface area contributed by atoms with Gasteiger partial charge in [0.15, 0.2) is 0 Å². The molecule has 0 saturated heterocycles.